The van der Waals surface area contributed by atoms with Crippen LogP contribution in [0, 0.1) is 0 Å². The standard InChI is InChI=1S/C6H8F3N3O/c1-2-12-4(3-13)10-11-5(12)6(7,8)9/h3-4,10H,2H2,1H3. The van der Waals surface area contributed by atoms with E-state index in [9.17, 15) is 18.0 Å². The Morgan fingerprint density at radius 2 is 2.31 bits per heavy atom. The molecule has 0 bridgehead atoms. The summed E-state index contributed by atoms with van der Waals surface area (Å²) in [5.74, 6) is -1.05. The normalized spacial score (nSPS) is 22.6. The molecule has 74 valence electrons. The summed E-state index contributed by atoms with van der Waals surface area (Å²) in [7, 11) is 0. The molecule has 7 heteroatoms. The van der Waals surface area contributed by atoms with E-state index < -0.39 is 18.2 Å². The highest BCUT2D eigenvalue weighted by atomic mass is 19.4. The highest BCUT2D eigenvalue weighted by Crippen LogP contribution is 2.22. The summed E-state index contributed by atoms with van der Waals surface area (Å²) < 4.78 is 36.5. The second-order valence-corrected chi connectivity index (χ2v) is 2.43. The third kappa shape index (κ3) is 1.73. The van der Waals surface area contributed by atoms with E-state index >= 15 is 0 Å². The number of hydrogen-bond acceptors (Lipinski definition) is 4. The van der Waals surface area contributed by atoms with Crippen LogP contribution in [0.4, 0.5) is 13.2 Å². The number of nitrogens with zero attached hydrogens (tertiary/aromatic N) is 2. The van der Waals surface area contributed by atoms with Crippen LogP contribution in [0.1, 0.15) is 6.92 Å². The van der Waals surface area contributed by atoms with E-state index in [1.807, 2.05) is 0 Å². The average Bonchev–Trinajstić information content (AvgIpc) is 2.45. The van der Waals surface area contributed by atoms with Crippen molar-refractivity contribution < 1.29 is 18.0 Å². The molecule has 1 aliphatic heterocycles. The average molecular weight is 195 g/mol. The molecule has 0 fully saturated rings. The number of nitrogens with one attached hydrogen (secondary N) is 1. The fourth-order valence-corrected chi connectivity index (χ4v) is 1.07. The zero-order valence-corrected chi connectivity index (χ0v) is 6.80. The van der Waals surface area contributed by atoms with Crippen LogP contribution in [0.5, 0.6) is 0 Å². The molecule has 0 saturated heterocycles. The molecule has 1 atom stereocenters. The minimum atomic E-state index is -4.51. The summed E-state index contributed by atoms with van der Waals surface area (Å²) in [5.41, 5.74) is 2.09. The van der Waals surface area contributed by atoms with Gasteiger partial charge in [0.05, 0.1) is 0 Å². The lowest BCUT2D eigenvalue weighted by atomic mass is 10.4. The first-order valence-electron chi connectivity index (χ1n) is 3.63. The maximum Gasteiger partial charge on any atom is 0.451 e. The largest absolute Gasteiger partial charge is 0.451 e. The molecule has 0 saturated carbocycles. The van der Waals surface area contributed by atoms with Gasteiger partial charge in [0, 0.05) is 6.54 Å². The topological polar surface area (TPSA) is 44.7 Å². The molecule has 0 aliphatic carbocycles. The molecule has 1 heterocycles. The van der Waals surface area contributed by atoms with Gasteiger partial charge in [-0.05, 0) is 6.92 Å². The van der Waals surface area contributed by atoms with E-state index in [1.165, 1.54) is 6.92 Å². The van der Waals surface area contributed by atoms with Crippen LogP contribution in [0.2, 0.25) is 0 Å². The van der Waals surface area contributed by atoms with Crippen molar-refractivity contribution in [3.05, 3.63) is 0 Å². The van der Waals surface area contributed by atoms with Crippen LogP contribution in [-0.4, -0.2) is 35.9 Å². The molecule has 13 heavy (non-hydrogen) atoms. The second kappa shape index (κ2) is 3.23. The smallest absolute Gasteiger partial charge is 0.324 e. The van der Waals surface area contributed by atoms with Gasteiger partial charge in [-0.1, -0.05) is 0 Å². The van der Waals surface area contributed by atoms with Gasteiger partial charge in [-0.2, -0.15) is 18.3 Å². The van der Waals surface area contributed by atoms with Gasteiger partial charge in [-0.25, -0.2) is 0 Å². The molecule has 4 nitrogen and oxygen atoms in total. The fraction of sp³-hybridized carbons (Fsp3) is 0.667. The highest BCUT2D eigenvalue weighted by molar-refractivity contribution is 5.91. The Labute approximate surface area is 72.4 Å². The molecule has 0 aromatic heterocycles. The Bertz CT molecular complexity index is 238. The number of alkyl halides is 3. The van der Waals surface area contributed by atoms with Crippen molar-refractivity contribution in [3.8, 4) is 0 Å². The van der Waals surface area contributed by atoms with Gasteiger partial charge in [0.15, 0.2) is 12.5 Å². The van der Waals surface area contributed by atoms with Crippen LogP contribution < -0.4 is 5.43 Å². The van der Waals surface area contributed by atoms with E-state index in [1.54, 1.807) is 0 Å². The van der Waals surface area contributed by atoms with Gasteiger partial charge in [0.1, 0.15) is 0 Å². The SMILES string of the molecule is CCN1C(C(F)(F)F)=NNC1C=O. The zero-order valence-electron chi connectivity index (χ0n) is 6.80. The number of amidine groups is 1. The number of likely N-dealkylation sites (N-methyl/N-ethyl adjacent to an activating group) is 1. The Morgan fingerprint density at radius 1 is 1.69 bits per heavy atom. The maximum absolute atomic E-state index is 12.2. The first kappa shape index (κ1) is 9.82. The van der Waals surface area contributed by atoms with Crippen molar-refractivity contribution in [2.45, 2.75) is 19.3 Å². The van der Waals surface area contributed by atoms with Gasteiger partial charge in [0.25, 0.3) is 0 Å². The quantitative estimate of drug-likeness (QED) is 0.645. The predicted molar refractivity (Wildman–Crippen MR) is 38.9 cm³/mol. The van der Waals surface area contributed by atoms with E-state index in [2.05, 4.69) is 10.5 Å². The molecule has 0 aromatic rings. The van der Waals surface area contributed by atoms with Crippen LogP contribution >= 0.6 is 0 Å². The molecule has 1 aliphatic rings. The third-order valence-corrected chi connectivity index (χ3v) is 1.63. The number of rotatable bonds is 2. The summed E-state index contributed by atoms with van der Waals surface area (Å²) >= 11 is 0. The molecule has 0 amide bonds. The van der Waals surface area contributed by atoms with Gasteiger partial charge in [0.2, 0.25) is 5.84 Å². The van der Waals surface area contributed by atoms with Gasteiger partial charge in [-0.3, -0.25) is 10.2 Å². The lowest BCUT2D eigenvalue weighted by molar-refractivity contribution is -0.112. The lowest BCUT2D eigenvalue weighted by Gasteiger charge is -2.22. The van der Waals surface area contributed by atoms with Crippen molar-refractivity contribution in [2.24, 2.45) is 5.10 Å². The number of hydrazone groups is 1. The molecule has 1 rings (SSSR count). The Hall–Kier alpha value is -1.27. The lowest BCUT2D eigenvalue weighted by Crippen LogP contribution is -2.45. The van der Waals surface area contributed by atoms with E-state index in [0.29, 0.717) is 6.29 Å². The third-order valence-electron chi connectivity index (χ3n) is 1.63. The molecular formula is C6H8F3N3O. The molecule has 1 unspecified atom stereocenters. The van der Waals surface area contributed by atoms with Crippen LogP contribution in [0.3, 0.4) is 0 Å². The van der Waals surface area contributed by atoms with Crippen molar-refractivity contribution in [1.82, 2.24) is 10.3 Å². The molecular weight excluding hydrogens is 187 g/mol. The van der Waals surface area contributed by atoms with Crippen molar-refractivity contribution in [3.63, 3.8) is 0 Å². The number of carbonyl (C=O) groups excluding carboxylic acids is 1. The van der Waals surface area contributed by atoms with E-state index in [4.69, 9.17) is 0 Å². The van der Waals surface area contributed by atoms with Crippen molar-refractivity contribution in [2.75, 3.05) is 6.54 Å². The number of carbonyl (C=O) groups is 1. The van der Waals surface area contributed by atoms with Gasteiger partial charge in [-0.15, -0.1) is 0 Å². The van der Waals surface area contributed by atoms with Crippen LogP contribution in [-0.2, 0) is 4.79 Å². The minimum absolute atomic E-state index is 0.0781. The zero-order chi connectivity index (χ0) is 10.1. The van der Waals surface area contributed by atoms with Crippen molar-refractivity contribution in [1.29, 1.82) is 0 Å². The monoisotopic (exact) mass is 195 g/mol. The maximum atomic E-state index is 12.2. The summed E-state index contributed by atoms with van der Waals surface area (Å²) in [4.78, 5) is 11.2. The minimum Gasteiger partial charge on any atom is -0.324 e. The summed E-state index contributed by atoms with van der Waals surface area (Å²) in [6, 6.07) is 0. The molecule has 1 N–H and O–H groups in total. The predicted octanol–water partition coefficient (Wildman–Crippen LogP) is 0.312. The first-order valence-corrected chi connectivity index (χ1v) is 3.63. The Balaban J connectivity index is 2.83. The Kier molecular flexibility index (Phi) is 2.44. The molecule has 0 spiro atoms. The van der Waals surface area contributed by atoms with Crippen LogP contribution in [0.15, 0.2) is 5.10 Å². The number of halogens is 3. The highest BCUT2D eigenvalue weighted by Gasteiger charge is 2.44. The fourth-order valence-electron chi connectivity index (χ4n) is 1.07. The molecule has 0 aromatic carbocycles. The summed E-state index contributed by atoms with van der Waals surface area (Å²) in [5, 5.41) is 3.05. The second-order valence-electron chi connectivity index (χ2n) is 2.43. The van der Waals surface area contributed by atoms with E-state index in [0.717, 1.165) is 4.90 Å². The first-order chi connectivity index (χ1) is 6.00. The Morgan fingerprint density at radius 3 is 2.69 bits per heavy atom. The number of hydrogen-bond donors (Lipinski definition) is 1. The van der Waals surface area contributed by atoms with Gasteiger partial charge < -0.3 is 4.90 Å². The summed E-state index contributed by atoms with van der Waals surface area (Å²) in [6.07, 6.45) is -5.13. The van der Waals surface area contributed by atoms with Gasteiger partial charge >= 0.3 is 6.18 Å². The van der Waals surface area contributed by atoms with Crippen molar-refractivity contribution >= 4 is 12.1 Å². The van der Waals surface area contributed by atoms with Crippen LogP contribution in [0.25, 0.3) is 0 Å². The molecule has 0 radical (unpaired) electrons. The number of aldehydes is 1. The van der Waals surface area contributed by atoms with E-state index in [-0.39, 0.29) is 6.54 Å². The summed E-state index contributed by atoms with van der Waals surface area (Å²) in [6.45, 7) is 1.60.